The number of hydrogen-bond donors (Lipinski definition) is 0. The summed E-state index contributed by atoms with van der Waals surface area (Å²) in [6.07, 6.45) is 4.01. The van der Waals surface area contributed by atoms with Crippen molar-refractivity contribution in [3.63, 3.8) is 0 Å². The first-order valence-electron chi connectivity index (χ1n) is 11.9. The number of piperazine rings is 1. The lowest BCUT2D eigenvalue weighted by atomic mass is 9.94. The van der Waals surface area contributed by atoms with E-state index in [9.17, 15) is 0 Å². The van der Waals surface area contributed by atoms with E-state index in [-0.39, 0.29) is 11.1 Å². The third-order valence-electron chi connectivity index (χ3n) is 7.28. The van der Waals surface area contributed by atoms with Gasteiger partial charge in [0.1, 0.15) is 10.4 Å². The molecule has 2 heterocycles. The fraction of sp³-hybridized carbons (Fsp3) is 0.519. The SMILES string of the molecule is C=CCN1C[C@H](C)N([C@@H](c2ccc(Br)nc2)c2cccc(O[Si](C)(C)C(C)(C)C)c2)C[C@H]1C. The van der Waals surface area contributed by atoms with Crippen LogP contribution in [-0.4, -0.2) is 54.8 Å². The van der Waals surface area contributed by atoms with Gasteiger partial charge in [0.15, 0.2) is 0 Å². The molecule has 4 nitrogen and oxygen atoms in total. The second kappa shape index (κ2) is 10.4. The van der Waals surface area contributed by atoms with Crippen LogP contribution < -0.4 is 4.43 Å². The average molecular weight is 531 g/mol. The highest BCUT2D eigenvalue weighted by molar-refractivity contribution is 9.10. The van der Waals surface area contributed by atoms with Crippen molar-refractivity contribution in [2.45, 2.75) is 70.9 Å². The minimum Gasteiger partial charge on any atom is -0.543 e. The zero-order chi connectivity index (χ0) is 24.4. The van der Waals surface area contributed by atoms with Crippen molar-refractivity contribution >= 4 is 24.2 Å². The first-order valence-corrected chi connectivity index (χ1v) is 15.6. The highest BCUT2D eigenvalue weighted by atomic mass is 79.9. The summed E-state index contributed by atoms with van der Waals surface area (Å²) < 4.78 is 7.53. The van der Waals surface area contributed by atoms with E-state index in [2.05, 4.69) is 115 Å². The third-order valence-corrected chi connectivity index (χ3v) is 12.1. The lowest BCUT2D eigenvalue weighted by Gasteiger charge is -2.47. The van der Waals surface area contributed by atoms with Gasteiger partial charge < -0.3 is 4.43 Å². The summed E-state index contributed by atoms with van der Waals surface area (Å²) in [6, 6.07) is 13.9. The van der Waals surface area contributed by atoms with Crippen LogP contribution in [0.4, 0.5) is 0 Å². The van der Waals surface area contributed by atoms with Crippen molar-refractivity contribution in [1.82, 2.24) is 14.8 Å². The van der Waals surface area contributed by atoms with Crippen LogP contribution in [-0.2, 0) is 0 Å². The van der Waals surface area contributed by atoms with Crippen LogP contribution in [0.1, 0.15) is 51.8 Å². The van der Waals surface area contributed by atoms with Crippen LogP contribution in [0.15, 0.2) is 59.9 Å². The minimum absolute atomic E-state index is 0.122. The van der Waals surface area contributed by atoms with E-state index in [1.54, 1.807) is 0 Å². The van der Waals surface area contributed by atoms with E-state index in [1.807, 2.05) is 18.3 Å². The summed E-state index contributed by atoms with van der Waals surface area (Å²) >= 11 is 3.50. The molecule has 1 aromatic carbocycles. The molecule has 0 unspecified atom stereocenters. The van der Waals surface area contributed by atoms with Crippen LogP contribution >= 0.6 is 15.9 Å². The minimum atomic E-state index is -1.92. The summed E-state index contributed by atoms with van der Waals surface area (Å²) in [5, 5.41) is 0.156. The van der Waals surface area contributed by atoms with Crippen LogP contribution in [0.5, 0.6) is 5.75 Å². The van der Waals surface area contributed by atoms with Crippen molar-refractivity contribution in [3.05, 3.63) is 71.0 Å². The molecule has 3 atom stereocenters. The first-order chi connectivity index (χ1) is 15.4. The number of halogens is 1. The normalized spacial score (nSPS) is 21.6. The van der Waals surface area contributed by atoms with E-state index in [4.69, 9.17) is 4.43 Å². The molecule has 1 fully saturated rings. The van der Waals surface area contributed by atoms with Gasteiger partial charge in [-0.05, 0) is 77.2 Å². The summed E-state index contributed by atoms with van der Waals surface area (Å²) in [5.41, 5.74) is 2.46. The second-order valence-corrected chi connectivity index (χ2v) is 16.4. The molecule has 1 aromatic heterocycles. The van der Waals surface area contributed by atoms with Gasteiger partial charge in [-0.3, -0.25) is 9.80 Å². The Kier molecular flexibility index (Phi) is 8.26. The molecule has 33 heavy (non-hydrogen) atoms. The molecule has 0 aliphatic carbocycles. The maximum atomic E-state index is 6.67. The highest BCUT2D eigenvalue weighted by Gasteiger charge is 2.39. The molecule has 0 N–H and O–H groups in total. The zero-order valence-corrected chi connectivity index (χ0v) is 23.9. The van der Waals surface area contributed by atoms with Crippen molar-refractivity contribution < 1.29 is 4.43 Å². The molecule has 1 aliphatic rings. The largest absolute Gasteiger partial charge is 0.543 e. The van der Waals surface area contributed by atoms with Gasteiger partial charge in [0, 0.05) is 37.9 Å². The molecule has 0 amide bonds. The monoisotopic (exact) mass is 529 g/mol. The molecule has 1 saturated heterocycles. The van der Waals surface area contributed by atoms with Gasteiger partial charge in [0.05, 0.1) is 6.04 Å². The Morgan fingerprint density at radius 1 is 1.15 bits per heavy atom. The summed E-state index contributed by atoms with van der Waals surface area (Å²) in [6.45, 7) is 23.0. The molecule has 0 bridgehead atoms. The van der Waals surface area contributed by atoms with Crippen LogP contribution in [0.25, 0.3) is 0 Å². The van der Waals surface area contributed by atoms with E-state index in [0.29, 0.717) is 12.1 Å². The first kappa shape index (κ1) is 26.1. The van der Waals surface area contributed by atoms with Gasteiger partial charge in [0.2, 0.25) is 8.32 Å². The Morgan fingerprint density at radius 3 is 2.48 bits per heavy atom. The highest BCUT2D eigenvalue weighted by Crippen LogP contribution is 2.39. The predicted molar refractivity (Wildman–Crippen MR) is 145 cm³/mol. The average Bonchev–Trinajstić information content (AvgIpc) is 2.72. The lowest BCUT2D eigenvalue weighted by Crippen LogP contribution is -2.57. The molecule has 6 heteroatoms. The van der Waals surface area contributed by atoms with Gasteiger partial charge in [-0.2, -0.15) is 0 Å². The zero-order valence-electron chi connectivity index (χ0n) is 21.3. The van der Waals surface area contributed by atoms with E-state index >= 15 is 0 Å². The molecule has 2 aromatic rings. The molecular weight excluding hydrogens is 490 g/mol. The fourth-order valence-corrected chi connectivity index (χ4v) is 5.58. The predicted octanol–water partition coefficient (Wildman–Crippen LogP) is 6.90. The summed E-state index contributed by atoms with van der Waals surface area (Å²) in [7, 11) is -1.92. The third kappa shape index (κ3) is 6.16. The lowest BCUT2D eigenvalue weighted by molar-refractivity contribution is 0.0305. The Hall–Kier alpha value is -1.47. The second-order valence-electron chi connectivity index (χ2n) is 10.9. The van der Waals surface area contributed by atoms with Crippen molar-refractivity contribution in [2.24, 2.45) is 0 Å². The van der Waals surface area contributed by atoms with Crippen LogP contribution in [0.2, 0.25) is 18.1 Å². The number of benzene rings is 1. The molecule has 0 radical (unpaired) electrons. The van der Waals surface area contributed by atoms with E-state index in [0.717, 1.165) is 30.0 Å². The van der Waals surface area contributed by atoms with E-state index < -0.39 is 8.32 Å². The molecular formula is C27H40BrN3OSi. The molecule has 180 valence electrons. The van der Waals surface area contributed by atoms with Gasteiger partial charge >= 0.3 is 0 Å². The fourth-order valence-electron chi connectivity index (χ4n) is 4.33. The maximum Gasteiger partial charge on any atom is 0.250 e. The van der Waals surface area contributed by atoms with E-state index in [1.165, 1.54) is 11.1 Å². The standard InChI is InChI=1S/C27H40BrN3OSi/c1-9-15-30-18-21(3)31(19-20(30)2)26(23-13-14-25(28)29-17-23)22-11-10-12-24(16-22)32-33(7,8)27(4,5)6/h9-14,16-17,20-21,26H,1,15,18-19H2,2-8H3/t20-,21+,26-/m1/s1. The Morgan fingerprint density at radius 2 is 1.88 bits per heavy atom. The van der Waals surface area contributed by atoms with Crippen LogP contribution in [0, 0.1) is 0 Å². The Balaban J connectivity index is 1.99. The number of pyridine rings is 1. The Labute approximate surface area is 210 Å². The molecule has 0 saturated carbocycles. The van der Waals surface area contributed by atoms with Crippen molar-refractivity contribution in [2.75, 3.05) is 19.6 Å². The van der Waals surface area contributed by atoms with Gasteiger partial charge in [0.25, 0.3) is 0 Å². The van der Waals surface area contributed by atoms with Gasteiger partial charge in [-0.25, -0.2) is 4.98 Å². The smallest absolute Gasteiger partial charge is 0.250 e. The molecule has 3 rings (SSSR count). The number of aromatic nitrogens is 1. The number of rotatable bonds is 7. The topological polar surface area (TPSA) is 28.6 Å². The number of nitrogens with zero attached hydrogens (tertiary/aromatic N) is 3. The van der Waals surface area contributed by atoms with Crippen LogP contribution in [0.3, 0.4) is 0 Å². The van der Waals surface area contributed by atoms with Gasteiger partial charge in [-0.1, -0.05) is 45.0 Å². The van der Waals surface area contributed by atoms with Crippen molar-refractivity contribution in [3.8, 4) is 5.75 Å². The molecule has 1 aliphatic heterocycles. The summed E-state index contributed by atoms with van der Waals surface area (Å²) in [4.78, 5) is 9.71. The molecule has 0 spiro atoms. The van der Waals surface area contributed by atoms with Crippen molar-refractivity contribution in [1.29, 1.82) is 0 Å². The Bertz CT molecular complexity index is 941. The summed E-state index contributed by atoms with van der Waals surface area (Å²) in [5.74, 6) is 0.972. The quantitative estimate of drug-likeness (QED) is 0.221. The van der Waals surface area contributed by atoms with Gasteiger partial charge in [-0.15, -0.1) is 6.58 Å². The maximum absolute atomic E-state index is 6.67. The number of hydrogen-bond acceptors (Lipinski definition) is 4.